The summed E-state index contributed by atoms with van der Waals surface area (Å²) >= 11 is 5.77. The van der Waals surface area contributed by atoms with Gasteiger partial charge in [0.05, 0.1) is 13.5 Å². The number of rotatable bonds is 4. The van der Waals surface area contributed by atoms with Crippen LogP contribution in [0.2, 0.25) is 5.02 Å². The van der Waals surface area contributed by atoms with Gasteiger partial charge in [0.1, 0.15) is 5.75 Å². The highest BCUT2D eigenvalue weighted by Gasteiger charge is 2.30. The van der Waals surface area contributed by atoms with Crippen LogP contribution in [0.1, 0.15) is 12.0 Å². The van der Waals surface area contributed by atoms with E-state index in [0.717, 1.165) is 0 Å². The van der Waals surface area contributed by atoms with Crippen molar-refractivity contribution in [1.82, 2.24) is 0 Å². The van der Waals surface area contributed by atoms with Crippen molar-refractivity contribution in [3.63, 3.8) is 0 Å². The van der Waals surface area contributed by atoms with E-state index in [1.54, 1.807) is 18.2 Å². The highest BCUT2D eigenvalue weighted by atomic mass is 35.5. The maximum atomic E-state index is 12.1. The lowest BCUT2D eigenvalue weighted by Crippen LogP contribution is -2.29. The fraction of sp³-hybridized carbons (Fsp3) is 0.455. The van der Waals surface area contributed by atoms with Crippen LogP contribution in [0.5, 0.6) is 5.75 Å². The number of ether oxygens (including phenoxy) is 1. The van der Waals surface area contributed by atoms with Crippen LogP contribution in [-0.4, -0.2) is 19.3 Å². The highest BCUT2D eigenvalue weighted by molar-refractivity contribution is 6.30. The summed E-state index contributed by atoms with van der Waals surface area (Å²) in [5.74, 6) is 0.493. The molecule has 0 saturated carbocycles. The van der Waals surface area contributed by atoms with E-state index in [1.165, 1.54) is 7.11 Å². The molecule has 2 nitrogen and oxygen atoms in total. The van der Waals surface area contributed by atoms with Crippen molar-refractivity contribution in [2.45, 2.75) is 25.1 Å². The van der Waals surface area contributed by atoms with Crippen LogP contribution in [0, 0.1) is 0 Å². The van der Waals surface area contributed by atoms with Gasteiger partial charge in [-0.2, -0.15) is 13.2 Å². The average molecular weight is 268 g/mol. The molecule has 0 aliphatic carbocycles. The Morgan fingerprint density at radius 3 is 2.59 bits per heavy atom. The van der Waals surface area contributed by atoms with E-state index in [9.17, 15) is 13.2 Å². The topological polar surface area (TPSA) is 35.2 Å². The SMILES string of the molecule is COc1ccc(Cl)cc1CC(N)CC(F)(F)F. The zero-order valence-electron chi connectivity index (χ0n) is 9.22. The number of alkyl halides is 3. The number of methoxy groups -OCH3 is 1. The van der Waals surface area contributed by atoms with Gasteiger partial charge in [-0.3, -0.25) is 0 Å². The number of hydrogen-bond donors (Lipinski definition) is 1. The summed E-state index contributed by atoms with van der Waals surface area (Å²) in [7, 11) is 1.45. The van der Waals surface area contributed by atoms with Crippen molar-refractivity contribution in [3.05, 3.63) is 28.8 Å². The molecule has 0 aliphatic rings. The minimum Gasteiger partial charge on any atom is -0.496 e. The number of nitrogens with two attached hydrogens (primary N) is 1. The van der Waals surface area contributed by atoms with Gasteiger partial charge >= 0.3 is 6.18 Å². The van der Waals surface area contributed by atoms with Gasteiger partial charge in [-0.25, -0.2) is 0 Å². The Balaban J connectivity index is 2.76. The van der Waals surface area contributed by atoms with Crippen LogP contribution >= 0.6 is 11.6 Å². The minimum absolute atomic E-state index is 0.0727. The number of hydrogen-bond acceptors (Lipinski definition) is 2. The number of halogens is 4. The quantitative estimate of drug-likeness (QED) is 0.909. The summed E-state index contributed by atoms with van der Waals surface area (Å²) < 4.78 is 41.4. The predicted octanol–water partition coefficient (Wildman–Crippen LogP) is 3.17. The lowest BCUT2D eigenvalue weighted by atomic mass is 10.0. The monoisotopic (exact) mass is 267 g/mol. The Bertz CT molecular complexity index is 381. The number of benzene rings is 1. The lowest BCUT2D eigenvalue weighted by molar-refractivity contribution is -0.138. The minimum atomic E-state index is -4.26. The fourth-order valence-corrected chi connectivity index (χ4v) is 1.75. The van der Waals surface area contributed by atoms with Crippen molar-refractivity contribution in [3.8, 4) is 5.75 Å². The van der Waals surface area contributed by atoms with Gasteiger partial charge in [-0.05, 0) is 30.2 Å². The molecule has 0 amide bonds. The van der Waals surface area contributed by atoms with Gasteiger partial charge in [0.25, 0.3) is 0 Å². The normalized spacial score (nSPS) is 13.5. The van der Waals surface area contributed by atoms with E-state index in [2.05, 4.69) is 0 Å². The van der Waals surface area contributed by atoms with Crippen LogP contribution in [0.15, 0.2) is 18.2 Å². The van der Waals surface area contributed by atoms with Crippen molar-refractivity contribution in [2.24, 2.45) is 5.73 Å². The van der Waals surface area contributed by atoms with E-state index < -0.39 is 18.6 Å². The summed E-state index contributed by atoms with van der Waals surface area (Å²) in [6.07, 6.45) is -5.21. The van der Waals surface area contributed by atoms with E-state index in [4.69, 9.17) is 22.1 Å². The van der Waals surface area contributed by atoms with Gasteiger partial charge in [0.2, 0.25) is 0 Å². The van der Waals surface area contributed by atoms with Crippen molar-refractivity contribution >= 4 is 11.6 Å². The van der Waals surface area contributed by atoms with Gasteiger partial charge in [0.15, 0.2) is 0 Å². The molecule has 0 radical (unpaired) electrons. The van der Waals surface area contributed by atoms with E-state index in [-0.39, 0.29) is 6.42 Å². The molecule has 1 rings (SSSR count). The maximum Gasteiger partial charge on any atom is 0.390 e. The van der Waals surface area contributed by atoms with Gasteiger partial charge < -0.3 is 10.5 Å². The van der Waals surface area contributed by atoms with E-state index in [1.807, 2.05) is 0 Å². The van der Waals surface area contributed by atoms with E-state index in [0.29, 0.717) is 16.3 Å². The fourth-order valence-electron chi connectivity index (χ4n) is 1.56. The zero-order valence-corrected chi connectivity index (χ0v) is 9.98. The predicted molar refractivity (Wildman–Crippen MR) is 60.4 cm³/mol. The largest absolute Gasteiger partial charge is 0.496 e. The van der Waals surface area contributed by atoms with Crippen LogP contribution in [-0.2, 0) is 6.42 Å². The molecule has 0 aromatic heterocycles. The van der Waals surface area contributed by atoms with Crippen LogP contribution in [0.4, 0.5) is 13.2 Å². The molecule has 17 heavy (non-hydrogen) atoms. The second-order valence-electron chi connectivity index (χ2n) is 3.74. The lowest BCUT2D eigenvalue weighted by Gasteiger charge is -2.16. The second kappa shape index (κ2) is 5.60. The summed E-state index contributed by atoms with van der Waals surface area (Å²) in [6, 6.07) is 3.79. The molecule has 2 N–H and O–H groups in total. The molecule has 0 fully saturated rings. The maximum absolute atomic E-state index is 12.1. The third-order valence-electron chi connectivity index (χ3n) is 2.22. The molecule has 0 spiro atoms. The first kappa shape index (κ1) is 14.1. The first-order valence-electron chi connectivity index (χ1n) is 4.96. The molecular weight excluding hydrogens is 255 g/mol. The summed E-state index contributed by atoms with van der Waals surface area (Å²) in [5.41, 5.74) is 6.03. The molecular formula is C11H13ClF3NO. The Morgan fingerprint density at radius 2 is 2.06 bits per heavy atom. The molecule has 1 atom stereocenters. The molecule has 6 heteroatoms. The average Bonchev–Trinajstić information content (AvgIpc) is 2.14. The second-order valence-corrected chi connectivity index (χ2v) is 4.18. The molecule has 0 aliphatic heterocycles. The summed E-state index contributed by atoms with van der Waals surface area (Å²) in [4.78, 5) is 0. The molecule has 1 aromatic rings. The van der Waals surface area contributed by atoms with Crippen molar-refractivity contribution < 1.29 is 17.9 Å². The molecule has 1 aromatic carbocycles. The first-order valence-corrected chi connectivity index (χ1v) is 5.34. The Hall–Kier alpha value is -0.940. The molecule has 1 unspecified atom stereocenters. The Labute approximate surface area is 103 Å². The van der Waals surface area contributed by atoms with Crippen LogP contribution < -0.4 is 10.5 Å². The molecule has 0 saturated heterocycles. The van der Waals surface area contributed by atoms with Gasteiger partial charge in [-0.1, -0.05) is 11.6 Å². The standard InChI is InChI=1S/C11H13ClF3NO/c1-17-10-3-2-8(12)4-7(10)5-9(16)6-11(13,14)15/h2-4,9H,5-6,16H2,1H3. The van der Waals surface area contributed by atoms with Crippen LogP contribution in [0.25, 0.3) is 0 Å². The van der Waals surface area contributed by atoms with Gasteiger partial charge in [-0.15, -0.1) is 0 Å². The van der Waals surface area contributed by atoms with Crippen LogP contribution in [0.3, 0.4) is 0 Å². The van der Waals surface area contributed by atoms with E-state index >= 15 is 0 Å². The summed E-state index contributed by atoms with van der Waals surface area (Å²) in [5, 5.41) is 0.444. The third kappa shape index (κ3) is 4.83. The zero-order chi connectivity index (χ0) is 13.1. The van der Waals surface area contributed by atoms with Gasteiger partial charge in [0, 0.05) is 11.1 Å². The highest BCUT2D eigenvalue weighted by Crippen LogP contribution is 2.27. The molecule has 96 valence electrons. The third-order valence-corrected chi connectivity index (χ3v) is 2.45. The molecule has 0 bridgehead atoms. The Kier molecular flexibility index (Phi) is 4.65. The summed E-state index contributed by atoms with van der Waals surface area (Å²) in [6.45, 7) is 0. The smallest absolute Gasteiger partial charge is 0.390 e. The van der Waals surface area contributed by atoms with Crippen molar-refractivity contribution in [2.75, 3.05) is 7.11 Å². The Morgan fingerprint density at radius 1 is 1.41 bits per heavy atom. The first-order chi connectivity index (χ1) is 7.81. The van der Waals surface area contributed by atoms with Crippen molar-refractivity contribution in [1.29, 1.82) is 0 Å². The molecule has 0 heterocycles.